The van der Waals surface area contributed by atoms with Crippen molar-refractivity contribution < 1.29 is 9.90 Å². The van der Waals surface area contributed by atoms with Crippen molar-refractivity contribution >= 4 is 22.6 Å². The summed E-state index contributed by atoms with van der Waals surface area (Å²) in [6, 6.07) is 7.08. The molecule has 0 saturated carbocycles. The van der Waals surface area contributed by atoms with Crippen molar-refractivity contribution in [3.8, 4) is 5.75 Å². The van der Waals surface area contributed by atoms with Crippen LogP contribution in [0.15, 0.2) is 29.4 Å². The summed E-state index contributed by atoms with van der Waals surface area (Å²) in [6.07, 6.45) is 0.391. The molecule has 1 aromatic carbocycles. The summed E-state index contributed by atoms with van der Waals surface area (Å²) in [7, 11) is 0. The number of rotatable bonds is 3. The summed E-state index contributed by atoms with van der Waals surface area (Å²) in [5.41, 5.74) is 3.36. The third kappa shape index (κ3) is 3.15. The van der Waals surface area contributed by atoms with E-state index in [1.165, 1.54) is 11.8 Å². The number of para-hydroxylation sites is 1. The monoisotopic (exact) mass is 292 g/mol. The van der Waals surface area contributed by atoms with E-state index in [0.717, 1.165) is 0 Å². The van der Waals surface area contributed by atoms with Crippen LogP contribution in [0.5, 0.6) is 5.75 Å². The summed E-state index contributed by atoms with van der Waals surface area (Å²) < 4.78 is 0. The number of carbonyl (C=O) groups is 1. The maximum absolute atomic E-state index is 12.2. The van der Waals surface area contributed by atoms with Gasteiger partial charge in [-0.2, -0.15) is 5.10 Å². The number of thioether (sulfide) groups is 1. The van der Waals surface area contributed by atoms with E-state index in [1.54, 1.807) is 12.1 Å². The predicted octanol–water partition coefficient (Wildman–Crippen LogP) is 3.11. The number of benzene rings is 1. The zero-order valence-electron chi connectivity index (χ0n) is 12.2. The first-order valence-electron chi connectivity index (χ1n) is 6.57. The molecule has 4 nitrogen and oxygen atoms in total. The van der Waals surface area contributed by atoms with Gasteiger partial charge in [-0.05, 0) is 19.1 Å². The second-order valence-electron chi connectivity index (χ2n) is 6.23. The van der Waals surface area contributed by atoms with Gasteiger partial charge in [-0.25, -0.2) is 0 Å². The first kappa shape index (κ1) is 14.9. The Hall–Kier alpha value is -1.49. The van der Waals surface area contributed by atoms with Crippen LogP contribution in [-0.2, 0) is 4.79 Å². The molecule has 2 rings (SSSR count). The van der Waals surface area contributed by atoms with Crippen molar-refractivity contribution in [1.82, 2.24) is 5.43 Å². The van der Waals surface area contributed by atoms with E-state index in [1.807, 2.05) is 39.8 Å². The van der Waals surface area contributed by atoms with Gasteiger partial charge in [0, 0.05) is 11.8 Å². The molecule has 1 heterocycles. The molecule has 1 aliphatic rings. The Bertz CT molecular complexity index is 563. The molecule has 0 spiro atoms. The van der Waals surface area contributed by atoms with Gasteiger partial charge in [-0.3, -0.25) is 10.2 Å². The van der Waals surface area contributed by atoms with Crippen molar-refractivity contribution in [2.75, 3.05) is 0 Å². The minimum atomic E-state index is -0.456. The average Bonchev–Trinajstić information content (AvgIpc) is 2.71. The fourth-order valence-corrected chi connectivity index (χ4v) is 2.94. The number of hydrazone groups is 1. The quantitative estimate of drug-likeness (QED) is 0.898. The molecule has 1 aliphatic heterocycles. The van der Waals surface area contributed by atoms with E-state index in [2.05, 4.69) is 10.5 Å². The Kier molecular flexibility index (Phi) is 3.82. The molecule has 2 N–H and O–H groups in total. The number of nitrogens with zero attached hydrogens (tertiary/aromatic N) is 1. The number of phenolic OH excluding ortho intramolecular Hbond substituents is 1. The second-order valence-corrected chi connectivity index (χ2v) is 7.72. The molecular weight excluding hydrogens is 272 g/mol. The van der Waals surface area contributed by atoms with E-state index in [9.17, 15) is 9.90 Å². The van der Waals surface area contributed by atoms with Gasteiger partial charge in [0.2, 0.25) is 0 Å². The van der Waals surface area contributed by atoms with E-state index < -0.39 is 4.87 Å². The van der Waals surface area contributed by atoms with Crippen LogP contribution in [0.1, 0.15) is 39.7 Å². The fraction of sp³-hybridized carbons (Fsp3) is 0.467. The van der Waals surface area contributed by atoms with Gasteiger partial charge in [0.25, 0.3) is 0 Å². The largest absolute Gasteiger partial charge is 0.507 e. The smallest absolute Gasteiger partial charge is 0.141 e. The molecule has 20 heavy (non-hydrogen) atoms. The number of carbonyl (C=O) groups excluding carboxylic acids is 1. The minimum Gasteiger partial charge on any atom is -0.507 e. The molecular formula is C15H20N2O2S. The Morgan fingerprint density at radius 2 is 2.05 bits per heavy atom. The van der Waals surface area contributed by atoms with Crippen molar-refractivity contribution in [2.45, 2.75) is 39.0 Å². The first-order chi connectivity index (χ1) is 9.21. The normalized spacial score (nSPS) is 22.3. The lowest BCUT2D eigenvalue weighted by molar-refractivity contribution is -0.126. The summed E-state index contributed by atoms with van der Waals surface area (Å²) in [5, 5.41) is 14.9. The molecule has 0 saturated heterocycles. The van der Waals surface area contributed by atoms with Gasteiger partial charge in [-0.1, -0.05) is 44.7 Å². The number of hydrogen-bond donors (Lipinski definition) is 2. The first-order valence-corrected chi connectivity index (χ1v) is 7.38. The van der Waals surface area contributed by atoms with Crippen molar-refractivity contribution in [3.05, 3.63) is 29.8 Å². The van der Waals surface area contributed by atoms with Crippen molar-refractivity contribution in [3.63, 3.8) is 0 Å². The number of aromatic hydroxyl groups is 1. The highest BCUT2D eigenvalue weighted by Crippen LogP contribution is 2.38. The highest BCUT2D eigenvalue weighted by Gasteiger charge is 2.38. The summed E-state index contributed by atoms with van der Waals surface area (Å²) in [5.74, 6) is 0.390. The zero-order chi connectivity index (χ0) is 15.0. The fourth-order valence-electron chi connectivity index (χ4n) is 1.84. The van der Waals surface area contributed by atoms with E-state index in [-0.39, 0.29) is 16.9 Å². The van der Waals surface area contributed by atoms with Crippen LogP contribution in [0.2, 0.25) is 0 Å². The van der Waals surface area contributed by atoms with Crippen molar-refractivity contribution in [1.29, 1.82) is 0 Å². The minimum absolute atomic E-state index is 0.189. The summed E-state index contributed by atoms with van der Waals surface area (Å²) in [4.78, 5) is 11.7. The zero-order valence-corrected chi connectivity index (χ0v) is 13.0. The predicted molar refractivity (Wildman–Crippen MR) is 82.9 cm³/mol. The van der Waals surface area contributed by atoms with Crippen LogP contribution in [-0.4, -0.2) is 20.8 Å². The highest BCUT2D eigenvalue weighted by atomic mass is 32.2. The Balaban J connectivity index is 2.11. The Morgan fingerprint density at radius 1 is 1.40 bits per heavy atom. The molecule has 0 amide bonds. The van der Waals surface area contributed by atoms with E-state index in [4.69, 9.17) is 0 Å². The van der Waals surface area contributed by atoms with Gasteiger partial charge in [0.1, 0.15) is 21.4 Å². The van der Waals surface area contributed by atoms with Crippen LogP contribution < -0.4 is 5.43 Å². The second kappa shape index (κ2) is 5.13. The molecule has 0 fully saturated rings. The van der Waals surface area contributed by atoms with Gasteiger partial charge < -0.3 is 5.11 Å². The van der Waals surface area contributed by atoms with E-state index in [0.29, 0.717) is 17.0 Å². The van der Waals surface area contributed by atoms with Crippen LogP contribution in [0.3, 0.4) is 0 Å². The number of nitrogens with one attached hydrogen (secondary N) is 1. The van der Waals surface area contributed by atoms with Gasteiger partial charge >= 0.3 is 0 Å². The molecule has 0 aliphatic carbocycles. The number of hydrogen-bond acceptors (Lipinski definition) is 5. The third-order valence-electron chi connectivity index (χ3n) is 3.18. The summed E-state index contributed by atoms with van der Waals surface area (Å²) >= 11 is 1.48. The lowest BCUT2D eigenvalue weighted by Crippen LogP contribution is -2.37. The molecule has 0 aromatic heterocycles. The van der Waals surface area contributed by atoms with Crippen LogP contribution in [0.4, 0.5) is 0 Å². The number of phenols is 1. The summed E-state index contributed by atoms with van der Waals surface area (Å²) in [6.45, 7) is 7.72. The topological polar surface area (TPSA) is 61.7 Å². The molecule has 0 bridgehead atoms. The Labute approximate surface area is 123 Å². The van der Waals surface area contributed by atoms with Crippen molar-refractivity contribution in [2.24, 2.45) is 10.5 Å². The molecule has 5 heteroatoms. The molecule has 0 radical (unpaired) electrons. The Morgan fingerprint density at radius 3 is 2.65 bits per heavy atom. The van der Waals surface area contributed by atoms with Crippen LogP contribution >= 0.6 is 11.8 Å². The molecule has 1 unspecified atom stereocenters. The number of Topliss-reactive ketones (excluding diaryl/α,β-unsaturated/α-hetero) is 1. The van der Waals surface area contributed by atoms with Gasteiger partial charge in [0.05, 0.1) is 5.56 Å². The highest BCUT2D eigenvalue weighted by molar-refractivity contribution is 8.15. The van der Waals surface area contributed by atoms with Gasteiger partial charge in [-0.15, -0.1) is 0 Å². The lowest BCUT2D eigenvalue weighted by Gasteiger charge is -2.26. The lowest BCUT2D eigenvalue weighted by atomic mass is 9.87. The maximum Gasteiger partial charge on any atom is 0.141 e. The van der Waals surface area contributed by atoms with E-state index >= 15 is 0 Å². The maximum atomic E-state index is 12.2. The average molecular weight is 292 g/mol. The molecule has 1 aromatic rings. The van der Waals surface area contributed by atoms with Crippen LogP contribution in [0, 0.1) is 5.41 Å². The molecule has 108 valence electrons. The van der Waals surface area contributed by atoms with Gasteiger partial charge in [0.15, 0.2) is 0 Å². The third-order valence-corrected chi connectivity index (χ3v) is 4.38. The van der Waals surface area contributed by atoms with Crippen LogP contribution in [0.25, 0.3) is 0 Å². The standard InChI is InChI=1S/C15H20N2O2S/c1-14(2,3)12(19)9-15(4)17-16-13(20-15)10-7-5-6-8-11(10)18/h5-8,17-18H,9H2,1-4H3. The SMILES string of the molecule is CC1(CC(=O)C(C)(C)C)NN=C(c2ccccc2O)S1. The molecule has 1 atom stereocenters. The number of ketones is 1.